The highest BCUT2D eigenvalue weighted by Gasteiger charge is 2.26. The van der Waals surface area contributed by atoms with E-state index in [-0.39, 0.29) is 23.4 Å². The lowest BCUT2D eigenvalue weighted by Crippen LogP contribution is -2.16. The average molecular weight is 438 g/mol. The quantitative estimate of drug-likeness (QED) is 0.327. The van der Waals surface area contributed by atoms with Crippen LogP contribution in [0.3, 0.4) is 0 Å². The molecule has 4 nitrogen and oxygen atoms in total. The van der Waals surface area contributed by atoms with E-state index in [0.717, 1.165) is 47.9 Å². The van der Waals surface area contributed by atoms with E-state index in [1.54, 1.807) is 12.1 Å². The number of hydrogen-bond donors (Lipinski definition) is 0. The Hall–Kier alpha value is -2.47. The second-order valence-corrected chi connectivity index (χ2v) is 9.38. The molecule has 3 aromatic rings. The highest BCUT2D eigenvalue weighted by Crippen LogP contribution is 2.36. The van der Waals surface area contributed by atoms with Gasteiger partial charge >= 0.3 is 0 Å². The Bertz CT molecular complexity index is 1080. The number of thioether (sulfide) groups is 1. The van der Waals surface area contributed by atoms with Gasteiger partial charge in [-0.3, -0.25) is 9.36 Å². The Labute approximate surface area is 187 Å². The molecule has 1 fully saturated rings. The summed E-state index contributed by atoms with van der Waals surface area (Å²) < 4.78 is 16.6. The largest absolute Gasteiger partial charge is 0.299 e. The normalized spacial score (nSPS) is 14.7. The van der Waals surface area contributed by atoms with Crippen molar-refractivity contribution >= 4 is 17.5 Å². The van der Waals surface area contributed by atoms with Crippen LogP contribution in [0.2, 0.25) is 0 Å². The van der Waals surface area contributed by atoms with Crippen molar-refractivity contribution < 1.29 is 9.18 Å². The van der Waals surface area contributed by atoms with Crippen LogP contribution in [-0.4, -0.2) is 26.3 Å². The molecule has 0 amide bonds. The van der Waals surface area contributed by atoms with Crippen molar-refractivity contribution in [1.29, 1.82) is 0 Å². The van der Waals surface area contributed by atoms with Crippen LogP contribution in [-0.2, 0) is 0 Å². The molecule has 31 heavy (non-hydrogen) atoms. The van der Waals surface area contributed by atoms with Crippen molar-refractivity contribution in [3.63, 3.8) is 0 Å². The van der Waals surface area contributed by atoms with Gasteiger partial charge in [-0.2, -0.15) is 0 Å². The summed E-state index contributed by atoms with van der Waals surface area (Å²) in [5.41, 5.74) is 4.42. The molecule has 0 saturated heterocycles. The van der Waals surface area contributed by atoms with E-state index < -0.39 is 0 Å². The van der Waals surface area contributed by atoms with Gasteiger partial charge in [0.15, 0.2) is 16.8 Å². The van der Waals surface area contributed by atoms with Gasteiger partial charge in [0, 0.05) is 11.6 Å². The molecule has 0 radical (unpaired) electrons. The summed E-state index contributed by atoms with van der Waals surface area (Å²) in [6, 6.07) is 11.0. The Morgan fingerprint density at radius 2 is 1.74 bits per heavy atom. The fourth-order valence-electron chi connectivity index (χ4n) is 4.69. The standard InChI is InChI=1S/C25H28FN3OS/c1-16-13-17(2)23(18(3)14-16)22(30)15-31-25-28-27-24(20-11-7-8-12-21(20)26)29(25)19-9-5-4-6-10-19/h7-8,11-14,19H,4-6,9-10,15H2,1-3H3. The van der Waals surface area contributed by atoms with Crippen LogP contribution in [0.5, 0.6) is 0 Å². The van der Waals surface area contributed by atoms with E-state index in [2.05, 4.69) is 14.8 Å². The first-order chi connectivity index (χ1) is 15.0. The molecule has 4 rings (SSSR count). The lowest BCUT2D eigenvalue weighted by atomic mass is 9.95. The number of carbonyl (C=O) groups excluding carboxylic acids is 1. The van der Waals surface area contributed by atoms with Gasteiger partial charge < -0.3 is 0 Å². The molecule has 1 saturated carbocycles. The van der Waals surface area contributed by atoms with E-state index in [9.17, 15) is 9.18 Å². The van der Waals surface area contributed by atoms with Gasteiger partial charge in [0.05, 0.1) is 11.3 Å². The Morgan fingerprint density at radius 1 is 1.06 bits per heavy atom. The van der Waals surface area contributed by atoms with Crippen molar-refractivity contribution in [3.8, 4) is 11.4 Å². The predicted octanol–water partition coefficient (Wildman–Crippen LogP) is 6.49. The molecular formula is C25H28FN3OS. The summed E-state index contributed by atoms with van der Waals surface area (Å²) in [6.07, 6.45) is 5.56. The number of ketones is 1. The van der Waals surface area contributed by atoms with Gasteiger partial charge in [0.25, 0.3) is 0 Å². The fraction of sp³-hybridized carbons (Fsp3) is 0.400. The summed E-state index contributed by atoms with van der Waals surface area (Å²) in [7, 11) is 0. The molecule has 1 aliphatic carbocycles. The lowest BCUT2D eigenvalue weighted by Gasteiger charge is -2.25. The fourth-order valence-corrected chi connectivity index (χ4v) is 5.57. The minimum absolute atomic E-state index is 0.0886. The number of Topliss-reactive ketones (excluding diaryl/α,β-unsaturated/α-hetero) is 1. The highest BCUT2D eigenvalue weighted by atomic mass is 32.2. The van der Waals surface area contributed by atoms with Crippen LogP contribution >= 0.6 is 11.8 Å². The Morgan fingerprint density at radius 3 is 2.42 bits per heavy atom. The number of rotatable bonds is 6. The van der Waals surface area contributed by atoms with Crippen molar-refractivity contribution in [2.24, 2.45) is 0 Å². The zero-order valence-corrected chi connectivity index (χ0v) is 19.1. The zero-order valence-electron chi connectivity index (χ0n) is 18.3. The molecule has 6 heteroatoms. The minimum Gasteiger partial charge on any atom is -0.299 e. The summed E-state index contributed by atoms with van der Waals surface area (Å²) in [6.45, 7) is 6.01. The summed E-state index contributed by atoms with van der Waals surface area (Å²) in [5, 5.41) is 9.45. The molecule has 162 valence electrons. The SMILES string of the molecule is Cc1cc(C)c(C(=O)CSc2nnc(-c3ccccc3F)n2C2CCCCC2)c(C)c1. The van der Waals surface area contributed by atoms with Crippen LogP contribution in [0.25, 0.3) is 11.4 Å². The van der Waals surface area contributed by atoms with Crippen LogP contribution < -0.4 is 0 Å². The average Bonchev–Trinajstić information content (AvgIpc) is 3.16. The minimum atomic E-state index is -0.300. The number of aryl methyl sites for hydroxylation is 3. The van der Waals surface area contributed by atoms with E-state index in [1.165, 1.54) is 24.2 Å². The van der Waals surface area contributed by atoms with Gasteiger partial charge in [-0.25, -0.2) is 4.39 Å². The Kier molecular flexibility index (Phi) is 6.56. The first-order valence-corrected chi connectivity index (χ1v) is 11.9. The molecule has 0 atom stereocenters. The van der Waals surface area contributed by atoms with E-state index in [0.29, 0.717) is 16.5 Å². The maximum atomic E-state index is 14.5. The molecule has 1 aliphatic rings. The number of nitrogens with zero attached hydrogens (tertiary/aromatic N) is 3. The lowest BCUT2D eigenvalue weighted by molar-refractivity contribution is 0.102. The third-order valence-electron chi connectivity index (χ3n) is 6.01. The number of benzene rings is 2. The zero-order chi connectivity index (χ0) is 22.0. The van der Waals surface area contributed by atoms with Gasteiger partial charge in [0.1, 0.15) is 5.82 Å². The van der Waals surface area contributed by atoms with Crippen molar-refractivity contribution in [3.05, 3.63) is 64.5 Å². The molecule has 2 aromatic carbocycles. The molecule has 0 unspecified atom stereocenters. The third-order valence-corrected chi connectivity index (χ3v) is 6.95. The number of aromatic nitrogens is 3. The second kappa shape index (κ2) is 9.35. The van der Waals surface area contributed by atoms with Crippen LogP contribution in [0.15, 0.2) is 41.6 Å². The van der Waals surface area contributed by atoms with E-state index in [1.807, 2.05) is 39.0 Å². The topological polar surface area (TPSA) is 47.8 Å². The highest BCUT2D eigenvalue weighted by molar-refractivity contribution is 7.99. The number of carbonyl (C=O) groups is 1. The maximum absolute atomic E-state index is 14.5. The summed E-state index contributed by atoms with van der Waals surface area (Å²) in [5.74, 6) is 0.631. The van der Waals surface area contributed by atoms with E-state index >= 15 is 0 Å². The monoisotopic (exact) mass is 437 g/mol. The van der Waals surface area contributed by atoms with Crippen LogP contribution in [0.1, 0.15) is 65.2 Å². The summed E-state index contributed by atoms with van der Waals surface area (Å²) >= 11 is 1.40. The maximum Gasteiger partial charge on any atom is 0.192 e. The molecule has 0 N–H and O–H groups in total. The van der Waals surface area contributed by atoms with Crippen molar-refractivity contribution in [2.75, 3.05) is 5.75 Å². The predicted molar refractivity (Wildman–Crippen MR) is 123 cm³/mol. The summed E-state index contributed by atoms with van der Waals surface area (Å²) in [4.78, 5) is 13.1. The first-order valence-electron chi connectivity index (χ1n) is 10.9. The van der Waals surface area contributed by atoms with Gasteiger partial charge in [-0.1, -0.05) is 60.9 Å². The molecular weight excluding hydrogens is 409 g/mol. The molecule has 1 aromatic heterocycles. The second-order valence-electron chi connectivity index (χ2n) is 8.43. The number of hydrogen-bond acceptors (Lipinski definition) is 4. The smallest absolute Gasteiger partial charge is 0.192 e. The molecule has 0 aliphatic heterocycles. The number of halogens is 1. The van der Waals surface area contributed by atoms with E-state index in [4.69, 9.17) is 0 Å². The van der Waals surface area contributed by atoms with Crippen molar-refractivity contribution in [1.82, 2.24) is 14.8 Å². The Balaban J connectivity index is 1.64. The molecule has 0 bridgehead atoms. The van der Waals surface area contributed by atoms with Gasteiger partial charge in [0.2, 0.25) is 0 Å². The van der Waals surface area contributed by atoms with Crippen LogP contribution in [0.4, 0.5) is 4.39 Å². The van der Waals surface area contributed by atoms with Crippen LogP contribution in [0, 0.1) is 26.6 Å². The molecule has 1 heterocycles. The van der Waals surface area contributed by atoms with Crippen molar-refractivity contribution in [2.45, 2.75) is 64.1 Å². The van der Waals surface area contributed by atoms with Gasteiger partial charge in [-0.05, 0) is 56.9 Å². The first kappa shape index (κ1) is 21.8. The van der Waals surface area contributed by atoms with Gasteiger partial charge in [-0.15, -0.1) is 10.2 Å². The third kappa shape index (κ3) is 4.59. The molecule has 0 spiro atoms.